The molecular formula is C42H45BrO8. The Labute approximate surface area is 308 Å². The summed E-state index contributed by atoms with van der Waals surface area (Å²) in [5.74, 6) is 2.04. The van der Waals surface area contributed by atoms with Crippen LogP contribution in [-0.4, -0.2) is 50.6 Å². The van der Waals surface area contributed by atoms with Crippen LogP contribution in [0.5, 0.6) is 23.0 Å². The van der Waals surface area contributed by atoms with E-state index in [1.807, 2.05) is 117 Å². The van der Waals surface area contributed by atoms with E-state index in [0.717, 1.165) is 51.7 Å². The Morgan fingerprint density at radius 1 is 0.529 bits per heavy atom. The predicted octanol–water partition coefficient (Wildman–Crippen LogP) is 9.88. The molecule has 0 N–H and O–H groups in total. The maximum atomic E-state index is 12.7. The first-order chi connectivity index (χ1) is 24.9. The Bertz CT molecular complexity index is 1850. The van der Waals surface area contributed by atoms with Gasteiger partial charge in [0.1, 0.15) is 49.4 Å². The third-order valence-corrected chi connectivity index (χ3v) is 8.63. The third-order valence-electron chi connectivity index (χ3n) is 8.14. The monoisotopic (exact) mass is 756 g/mol. The van der Waals surface area contributed by atoms with E-state index in [4.69, 9.17) is 28.4 Å². The van der Waals surface area contributed by atoms with E-state index < -0.39 is 12.2 Å². The van der Waals surface area contributed by atoms with Gasteiger partial charge in [0, 0.05) is 38.9 Å². The highest BCUT2D eigenvalue weighted by Gasteiger charge is 2.23. The molecule has 5 rings (SSSR count). The number of esters is 2. The average Bonchev–Trinajstić information content (AvgIpc) is 3.16. The van der Waals surface area contributed by atoms with Crippen molar-refractivity contribution in [1.29, 1.82) is 0 Å². The maximum absolute atomic E-state index is 12.7. The molecule has 0 aliphatic carbocycles. The Morgan fingerprint density at radius 3 is 1.41 bits per heavy atom. The molecule has 0 aliphatic heterocycles. The smallest absolute Gasteiger partial charge is 0.306 e. The Morgan fingerprint density at radius 2 is 0.941 bits per heavy atom. The molecule has 0 bridgehead atoms. The summed E-state index contributed by atoms with van der Waals surface area (Å²) in [6.07, 6.45) is 2.62. The maximum Gasteiger partial charge on any atom is 0.306 e. The fourth-order valence-corrected chi connectivity index (χ4v) is 5.87. The molecule has 268 valence electrons. The molecule has 5 aromatic carbocycles. The van der Waals surface area contributed by atoms with Gasteiger partial charge in [-0.05, 0) is 55.3 Å². The minimum Gasteiger partial charge on any atom is -0.490 e. The summed E-state index contributed by atoms with van der Waals surface area (Å²) in [5, 5.41) is 3.24. The van der Waals surface area contributed by atoms with E-state index in [1.54, 1.807) is 0 Å². The quantitative estimate of drug-likeness (QED) is 0.0573. The molecule has 0 radical (unpaired) electrons. The SMILES string of the molecule is CCCCC(=O)OC(COc1ccccc1)COc1c2ccccc2c(OCC(COc2ccccc2)OC(=O)CCCC)c2cc(Br)ccc12. The highest BCUT2D eigenvalue weighted by atomic mass is 79.9. The molecular weight excluding hydrogens is 712 g/mol. The summed E-state index contributed by atoms with van der Waals surface area (Å²) in [7, 11) is 0. The molecule has 51 heavy (non-hydrogen) atoms. The zero-order valence-corrected chi connectivity index (χ0v) is 30.8. The van der Waals surface area contributed by atoms with E-state index >= 15 is 0 Å². The van der Waals surface area contributed by atoms with Gasteiger partial charge in [-0.25, -0.2) is 0 Å². The summed E-state index contributed by atoms with van der Waals surface area (Å²) >= 11 is 3.64. The van der Waals surface area contributed by atoms with Gasteiger partial charge in [0.25, 0.3) is 0 Å². The van der Waals surface area contributed by atoms with Crippen LogP contribution < -0.4 is 18.9 Å². The molecule has 0 saturated carbocycles. The molecule has 0 saturated heterocycles. The third kappa shape index (κ3) is 11.1. The summed E-state index contributed by atoms with van der Waals surface area (Å²) < 4.78 is 37.7. The lowest BCUT2D eigenvalue weighted by molar-refractivity contribution is -0.153. The van der Waals surface area contributed by atoms with Crippen LogP contribution in [0, 0.1) is 0 Å². The highest BCUT2D eigenvalue weighted by molar-refractivity contribution is 9.10. The van der Waals surface area contributed by atoms with E-state index in [0.29, 0.717) is 35.8 Å². The fraction of sp³-hybridized carbons (Fsp3) is 0.333. The van der Waals surface area contributed by atoms with Crippen LogP contribution in [0.1, 0.15) is 52.4 Å². The molecule has 8 nitrogen and oxygen atoms in total. The minimum absolute atomic E-state index is 0.0725. The molecule has 0 aromatic heterocycles. The van der Waals surface area contributed by atoms with Gasteiger partial charge in [0.2, 0.25) is 0 Å². The molecule has 0 amide bonds. The fourth-order valence-electron chi connectivity index (χ4n) is 5.51. The van der Waals surface area contributed by atoms with E-state index in [2.05, 4.69) is 15.9 Å². The molecule has 5 aromatic rings. The van der Waals surface area contributed by atoms with Crippen molar-refractivity contribution in [3.05, 3.63) is 108 Å². The number of hydrogen-bond acceptors (Lipinski definition) is 8. The number of rotatable bonds is 20. The first-order valence-electron chi connectivity index (χ1n) is 17.6. The van der Waals surface area contributed by atoms with Crippen molar-refractivity contribution >= 4 is 49.4 Å². The molecule has 0 fully saturated rings. The summed E-state index contributed by atoms with van der Waals surface area (Å²) in [5.41, 5.74) is 0. The lowest BCUT2D eigenvalue weighted by Gasteiger charge is -2.23. The Kier molecular flexibility index (Phi) is 14.4. The molecule has 0 aliphatic rings. The standard InChI is InChI=1S/C42H45BrO8/c1-3-5-21-39(44)50-33(26-46-31-15-9-7-10-16-31)28-48-41-35-19-13-14-20-36(35)42(38-25-30(43)23-24-37(38)41)49-29-34(51-40(45)22-6-4-2)27-47-32-17-11-8-12-18-32/h7-20,23-25,33-34H,3-6,21-22,26-29H2,1-2H3. The van der Waals surface area contributed by atoms with Crippen LogP contribution in [0.4, 0.5) is 0 Å². The number of halogens is 1. The zero-order valence-electron chi connectivity index (χ0n) is 29.2. The van der Waals surface area contributed by atoms with Crippen LogP contribution >= 0.6 is 15.9 Å². The van der Waals surface area contributed by atoms with Crippen LogP contribution in [0.2, 0.25) is 0 Å². The van der Waals surface area contributed by atoms with Crippen molar-refractivity contribution < 1.29 is 38.0 Å². The highest BCUT2D eigenvalue weighted by Crippen LogP contribution is 2.44. The van der Waals surface area contributed by atoms with Crippen molar-refractivity contribution in [2.75, 3.05) is 26.4 Å². The second-order valence-electron chi connectivity index (χ2n) is 12.2. The van der Waals surface area contributed by atoms with Crippen LogP contribution in [0.25, 0.3) is 21.5 Å². The molecule has 9 heteroatoms. The van der Waals surface area contributed by atoms with Crippen LogP contribution in [-0.2, 0) is 19.1 Å². The van der Waals surface area contributed by atoms with E-state index in [1.165, 1.54) is 0 Å². The van der Waals surface area contributed by atoms with Crippen molar-refractivity contribution in [3.63, 3.8) is 0 Å². The lowest BCUT2D eigenvalue weighted by Crippen LogP contribution is -2.31. The van der Waals surface area contributed by atoms with Gasteiger partial charge >= 0.3 is 11.9 Å². The molecule has 2 atom stereocenters. The Balaban J connectivity index is 1.42. The van der Waals surface area contributed by atoms with Gasteiger partial charge in [-0.3, -0.25) is 9.59 Å². The number of fused-ring (bicyclic) bond motifs is 2. The Hall–Kier alpha value is -4.76. The largest absolute Gasteiger partial charge is 0.490 e. The van der Waals surface area contributed by atoms with Gasteiger partial charge in [-0.1, -0.05) is 103 Å². The first kappa shape index (κ1) is 37.5. The normalized spacial score (nSPS) is 12.2. The van der Waals surface area contributed by atoms with Crippen LogP contribution in [0.3, 0.4) is 0 Å². The number of benzene rings is 5. The van der Waals surface area contributed by atoms with Gasteiger partial charge in [-0.2, -0.15) is 0 Å². The lowest BCUT2D eigenvalue weighted by atomic mass is 10.0. The number of carbonyl (C=O) groups excluding carboxylic acids is 2. The second kappa shape index (κ2) is 19.6. The number of ether oxygens (including phenoxy) is 6. The number of carbonyl (C=O) groups is 2. The average molecular weight is 758 g/mol. The van der Waals surface area contributed by atoms with Crippen molar-refractivity contribution in [3.8, 4) is 23.0 Å². The predicted molar refractivity (Wildman–Crippen MR) is 203 cm³/mol. The minimum atomic E-state index is -0.653. The van der Waals surface area contributed by atoms with Crippen molar-refractivity contribution in [2.45, 2.75) is 64.6 Å². The summed E-state index contributed by atoms with van der Waals surface area (Å²) in [6, 6.07) is 32.6. The topological polar surface area (TPSA) is 89.5 Å². The number of hydrogen-bond donors (Lipinski definition) is 0. The van der Waals surface area contributed by atoms with E-state index in [9.17, 15) is 9.59 Å². The van der Waals surface area contributed by atoms with Gasteiger partial charge in [0.05, 0.1) is 0 Å². The van der Waals surface area contributed by atoms with E-state index in [-0.39, 0.29) is 38.4 Å². The van der Waals surface area contributed by atoms with Crippen LogP contribution in [0.15, 0.2) is 108 Å². The van der Waals surface area contributed by atoms with Gasteiger partial charge < -0.3 is 28.4 Å². The molecule has 2 unspecified atom stereocenters. The van der Waals surface area contributed by atoms with Gasteiger partial charge in [0.15, 0.2) is 12.2 Å². The summed E-state index contributed by atoms with van der Waals surface area (Å²) in [6.45, 7) is 4.48. The van der Waals surface area contributed by atoms with Crippen molar-refractivity contribution in [2.24, 2.45) is 0 Å². The zero-order chi connectivity index (χ0) is 35.8. The second-order valence-corrected chi connectivity index (χ2v) is 13.1. The first-order valence-corrected chi connectivity index (χ1v) is 18.4. The van der Waals surface area contributed by atoms with Crippen molar-refractivity contribution in [1.82, 2.24) is 0 Å². The van der Waals surface area contributed by atoms with Gasteiger partial charge in [-0.15, -0.1) is 0 Å². The summed E-state index contributed by atoms with van der Waals surface area (Å²) in [4.78, 5) is 25.4. The number of unbranched alkanes of at least 4 members (excludes halogenated alkanes) is 2. The molecule has 0 heterocycles. The molecule has 0 spiro atoms. The number of para-hydroxylation sites is 2.